The Morgan fingerprint density at radius 2 is 1.57 bits per heavy atom. The molecule has 1 N–H and O–H groups in total. The Morgan fingerprint density at radius 1 is 0.879 bits per heavy atom. The molecule has 2 fully saturated rings. The molecule has 0 aromatic heterocycles. The fourth-order valence-electron chi connectivity index (χ4n) is 9.69. The normalized spacial score (nSPS) is 22.1. The van der Waals surface area contributed by atoms with E-state index in [0.717, 1.165) is 59.5 Å². The summed E-state index contributed by atoms with van der Waals surface area (Å²) in [6.45, 7) is 8.09. The van der Waals surface area contributed by atoms with Crippen LogP contribution in [0, 0.1) is 5.92 Å². The molecule has 0 bridgehead atoms. The number of amides is 3. The number of fused-ring (bicyclic) bond motifs is 2. The predicted octanol–water partition coefficient (Wildman–Crippen LogP) is 7.17. The Balaban J connectivity index is 1.25. The van der Waals surface area contributed by atoms with Crippen LogP contribution in [0.1, 0.15) is 62.1 Å². The number of benzene rings is 4. The van der Waals surface area contributed by atoms with Crippen molar-refractivity contribution in [2.45, 2.75) is 88.9 Å². The second-order valence-corrected chi connectivity index (χ2v) is 21.2. The summed E-state index contributed by atoms with van der Waals surface area (Å²) in [5, 5.41) is 11.2. The van der Waals surface area contributed by atoms with Crippen LogP contribution < -0.4 is 24.5 Å². The van der Waals surface area contributed by atoms with Gasteiger partial charge in [0.1, 0.15) is 11.5 Å². The highest BCUT2D eigenvalue weighted by Crippen LogP contribution is 2.60. The minimum atomic E-state index is -2.54. The first-order chi connectivity index (χ1) is 28.0. The maximum atomic E-state index is 15.4. The van der Waals surface area contributed by atoms with Gasteiger partial charge in [0.15, 0.2) is 5.60 Å². The van der Waals surface area contributed by atoms with Crippen LogP contribution in [0.25, 0.3) is 0 Å². The second-order valence-electron chi connectivity index (χ2n) is 16.5. The van der Waals surface area contributed by atoms with Gasteiger partial charge in [0, 0.05) is 43.2 Å². The summed E-state index contributed by atoms with van der Waals surface area (Å²) in [6, 6.07) is 31.7. The van der Waals surface area contributed by atoms with Crippen molar-refractivity contribution < 1.29 is 33.7 Å². The summed E-state index contributed by atoms with van der Waals surface area (Å²) < 4.78 is 18.5. The van der Waals surface area contributed by atoms with E-state index in [1.54, 1.807) is 19.1 Å². The molecule has 0 radical (unpaired) electrons. The molecule has 3 heterocycles. The Hall–Kier alpha value is -4.97. The van der Waals surface area contributed by atoms with Gasteiger partial charge in [-0.1, -0.05) is 92.6 Å². The Kier molecular flexibility index (Phi) is 12.4. The van der Waals surface area contributed by atoms with Crippen LogP contribution in [-0.2, 0) is 37.8 Å². The molecule has 3 aliphatic heterocycles. The largest absolute Gasteiger partial charge is 0.497 e. The highest BCUT2D eigenvalue weighted by Gasteiger charge is 2.66. The average Bonchev–Trinajstić information content (AvgIpc) is 3.65. The van der Waals surface area contributed by atoms with Gasteiger partial charge in [0.25, 0.3) is 5.91 Å². The van der Waals surface area contributed by atoms with Crippen molar-refractivity contribution in [2.75, 3.05) is 43.7 Å². The molecular weight excluding hydrogens is 747 g/mol. The molecule has 4 atom stereocenters. The van der Waals surface area contributed by atoms with Crippen LogP contribution >= 0.6 is 0 Å². The third-order valence-electron chi connectivity index (χ3n) is 12.8. The first-order valence-corrected chi connectivity index (χ1v) is 23.7. The molecule has 306 valence electrons. The van der Waals surface area contributed by atoms with Gasteiger partial charge < -0.3 is 34.0 Å². The van der Waals surface area contributed by atoms with Crippen molar-refractivity contribution in [1.82, 2.24) is 4.90 Å². The van der Waals surface area contributed by atoms with Crippen molar-refractivity contribution >= 4 is 42.4 Å². The van der Waals surface area contributed by atoms with E-state index in [4.69, 9.17) is 14.2 Å². The topological polar surface area (TPSA) is 109 Å². The van der Waals surface area contributed by atoms with Crippen LogP contribution in [-0.4, -0.2) is 75.8 Å². The van der Waals surface area contributed by atoms with Gasteiger partial charge in [0.2, 0.25) is 11.8 Å². The van der Waals surface area contributed by atoms with E-state index in [0.29, 0.717) is 31.8 Å². The molecule has 2 saturated heterocycles. The monoisotopic (exact) mass is 803 g/mol. The van der Waals surface area contributed by atoms with Crippen molar-refractivity contribution in [3.05, 3.63) is 114 Å². The summed E-state index contributed by atoms with van der Waals surface area (Å²) in [4.78, 5) is 48.2. The van der Waals surface area contributed by atoms with Crippen LogP contribution in [0.4, 0.5) is 11.4 Å². The van der Waals surface area contributed by atoms with Gasteiger partial charge in [0.05, 0.1) is 53.7 Å². The van der Waals surface area contributed by atoms with Crippen LogP contribution in [0.5, 0.6) is 11.5 Å². The number of hydrogen-bond acceptors (Lipinski definition) is 7. The summed E-state index contributed by atoms with van der Waals surface area (Å²) in [5.41, 5.74) is 2.72. The number of anilines is 2. The Labute approximate surface area is 343 Å². The third kappa shape index (κ3) is 7.91. The zero-order valence-electron chi connectivity index (χ0n) is 34.5. The molecule has 3 amide bonds. The van der Waals surface area contributed by atoms with E-state index in [2.05, 4.69) is 32.2 Å². The predicted molar refractivity (Wildman–Crippen MR) is 229 cm³/mol. The molecule has 4 aromatic rings. The molecule has 10 nitrogen and oxygen atoms in total. The van der Waals surface area contributed by atoms with Crippen LogP contribution in [0.15, 0.2) is 97.1 Å². The molecule has 11 heteroatoms. The van der Waals surface area contributed by atoms with Gasteiger partial charge in [-0.3, -0.25) is 14.4 Å². The first-order valence-electron chi connectivity index (χ1n) is 20.7. The Bertz CT molecular complexity index is 2080. The number of hydrogen-bond donors (Lipinski definition) is 1. The quantitative estimate of drug-likeness (QED) is 0.143. The minimum absolute atomic E-state index is 0.0550. The highest BCUT2D eigenvalue weighted by molar-refractivity contribution is 6.91. The summed E-state index contributed by atoms with van der Waals surface area (Å²) in [6.07, 6.45) is 4.13. The highest BCUT2D eigenvalue weighted by atomic mass is 28.3. The molecular formula is C47H57N3O7Si. The number of ether oxygens (including phenoxy) is 3. The number of rotatable bonds is 13. The van der Waals surface area contributed by atoms with E-state index in [1.807, 2.05) is 94.7 Å². The Morgan fingerprint density at radius 3 is 2.26 bits per heavy atom. The van der Waals surface area contributed by atoms with E-state index >= 15 is 4.79 Å². The van der Waals surface area contributed by atoms with Gasteiger partial charge >= 0.3 is 0 Å². The third-order valence-corrected chi connectivity index (χ3v) is 17.1. The average molecular weight is 804 g/mol. The van der Waals surface area contributed by atoms with Crippen molar-refractivity contribution in [3.63, 3.8) is 0 Å². The molecule has 0 saturated carbocycles. The summed E-state index contributed by atoms with van der Waals surface area (Å²) in [7, 11) is 0.734. The van der Waals surface area contributed by atoms with Crippen LogP contribution in [0.3, 0.4) is 0 Å². The lowest BCUT2D eigenvalue weighted by molar-refractivity contribution is -0.150. The lowest BCUT2D eigenvalue weighted by Crippen LogP contribution is -2.52. The SMILES string of the molecule is COc1ccc([Si](C)(C)[C@H]2[C@H](CC(=O)N(CCO)Cc3ccccc3)O[C@@]3(C(=O)N(Cc4ccc(N5CCCCCCC5=O)cc4)c4ccc(OC)cc43)[C@@H]2C)cc1. The number of nitrogens with zero attached hydrogens (tertiary/aromatic N) is 3. The number of carbonyl (C=O) groups excluding carboxylic acids is 3. The molecule has 0 unspecified atom stereocenters. The number of carbonyl (C=O) groups is 3. The lowest BCUT2D eigenvalue weighted by Gasteiger charge is -2.37. The van der Waals surface area contributed by atoms with E-state index < -0.39 is 19.8 Å². The van der Waals surface area contributed by atoms with E-state index in [1.165, 1.54) is 5.19 Å². The maximum Gasteiger partial charge on any atom is 0.264 e. The lowest BCUT2D eigenvalue weighted by atomic mass is 9.82. The minimum Gasteiger partial charge on any atom is -0.497 e. The molecule has 0 aliphatic carbocycles. The summed E-state index contributed by atoms with van der Waals surface area (Å²) >= 11 is 0. The van der Waals surface area contributed by atoms with Crippen molar-refractivity contribution in [1.29, 1.82) is 0 Å². The zero-order valence-corrected chi connectivity index (χ0v) is 35.5. The molecule has 58 heavy (non-hydrogen) atoms. The number of methoxy groups -OCH3 is 2. The standard InChI is InChI=1S/C47H57N3O7Si/c1-33-45(58(4,5)39-23-20-37(55-2)21-24-39)42(30-44(53)48(27-28-51)31-34-13-9-8-10-14-34)57-47(33)40-29-38(56-3)22-25-41(40)50(46(47)54)32-35-16-18-36(19-17-35)49-26-12-7-6-11-15-43(49)52/h8-10,13-14,16-25,29,33,42,45,51H,6-7,11-12,15,26-28,30-32H2,1-5H3/t33-,42+,45-,47+/m1/s1. The fraction of sp³-hybridized carbons (Fsp3) is 0.426. The van der Waals surface area contributed by atoms with E-state index in [9.17, 15) is 14.7 Å². The first kappa shape index (κ1) is 41.2. The van der Waals surface area contributed by atoms with Gasteiger partial charge in [-0.2, -0.15) is 0 Å². The fourth-order valence-corrected chi connectivity index (χ4v) is 13.7. The van der Waals surface area contributed by atoms with Gasteiger partial charge in [-0.15, -0.1) is 0 Å². The van der Waals surface area contributed by atoms with Crippen LogP contribution in [0.2, 0.25) is 18.6 Å². The van der Waals surface area contributed by atoms with Gasteiger partial charge in [-0.25, -0.2) is 0 Å². The number of aliphatic hydroxyl groups is 1. The molecule has 4 aromatic carbocycles. The van der Waals surface area contributed by atoms with Gasteiger partial charge in [-0.05, 0) is 72.0 Å². The maximum absolute atomic E-state index is 15.4. The van der Waals surface area contributed by atoms with Crippen molar-refractivity contribution in [2.24, 2.45) is 5.92 Å². The molecule has 1 spiro atoms. The second kappa shape index (κ2) is 17.5. The van der Waals surface area contributed by atoms with E-state index in [-0.39, 0.29) is 48.8 Å². The van der Waals surface area contributed by atoms with Crippen molar-refractivity contribution in [3.8, 4) is 11.5 Å². The summed E-state index contributed by atoms with van der Waals surface area (Å²) in [5.74, 6) is 0.911. The zero-order chi connectivity index (χ0) is 41.0. The smallest absolute Gasteiger partial charge is 0.264 e. The molecule has 7 rings (SSSR count). The molecule has 3 aliphatic rings. The number of aliphatic hydroxyl groups excluding tert-OH is 1.